The Balaban J connectivity index is 1.98. The van der Waals surface area contributed by atoms with Crippen LogP contribution in [0.15, 0.2) is 29.6 Å². The van der Waals surface area contributed by atoms with E-state index in [2.05, 4.69) is 15.6 Å². The zero-order chi connectivity index (χ0) is 16.2. The van der Waals surface area contributed by atoms with Crippen LogP contribution in [0, 0.1) is 6.92 Å². The number of rotatable bonds is 5. The summed E-state index contributed by atoms with van der Waals surface area (Å²) in [5.41, 5.74) is 2.31. The van der Waals surface area contributed by atoms with Crippen LogP contribution in [-0.2, 0) is 0 Å². The third kappa shape index (κ3) is 4.54. The Labute approximate surface area is 134 Å². The molecule has 0 saturated heterocycles. The molecule has 0 fully saturated rings. The number of urea groups is 1. The number of aryl methyl sites for hydroxylation is 1. The van der Waals surface area contributed by atoms with Gasteiger partial charge >= 0.3 is 6.03 Å². The standard InChI is InChI=1S/C16H21N3O2S/c1-11-10-22-14(17-11)12-4-6-13(7-5-12)18-15(21)19-16(2,3)8-9-20/h4-7,10,20H,8-9H2,1-3H3,(H2,18,19,21). The van der Waals surface area contributed by atoms with Gasteiger partial charge in [0.25, 0.3) is 0 Å². The molecule has 3 N–H and O–H groups in total. The van der Waals surface area contributed by atoms with Crippen LogP contribution in [0.1, 0.15) is 26.0 Å². The second-order valence-electron chi connectivity index (χ2n) is 5.81. The summed E-state index contributed by atoms with van der Waals surface area (Å²) in [6, 6.07) is 7.30. The van der Waals surface area contributed by atoms with Crippen molar-refractivity contribution in [3.8, 4) is 10.6 Å². The van der Waals surface area contributed by atoms with Gasteiger partial charge in [-0.3, -0.25) is 0 Å². The number of thiazole rings is 1. The number of aromatic nitrogens is 1. The van der Waals surface area contributed by atoms with E-state index in [-0.39, 0.29) is 12.6 Å². The van der Waals surface area contributed by atoms with Crippen LogP contribution in [0.3, 0.4) is 0 Å². The highest BCUT2D eigenvalue weighted by molar-refractivity contribution is 7.13. The number of amides is 2. The number of benzene rings is 1. The molecule has 0 aliphatic heterocycles. The number of hydrogen-bond donors (Lipinski definition) is 3. The average molecular weight is 319 g/mol. The third-order valence-electron chi connectivity index (χ3n) is 3.20. The molecule has 2 aromatic rings. The van der Waals surface area contributed by atoms with Crippen molar-refractivity contribution in [3.05, 3.63) is 35.3 Å². The van der Waals surface area contributed by atoms with E-state index in [1.54, 1.807) is 11.3 Å². The quantitative estimate of drug-likeness (QED) is 0.790. The molecule has 0 radical (unpaired) electrons. The van der Waals surface area contributed by atoms with E-state index >= 15 is 0 Å². The summed E-state index contributed by atoms with van der Waals surface area (Å²) in [4.78, 5) is 16.4. The largest absolute Gasteiger partial charge is 0.396 e. The minimum atomic E-state index is -0.447. The molecule has 22 heavy (non-hydrogen) atoms. The molecular weight excluding hydrogens is 298 g/mol. The number of nitrogens with zero attached hydrogens (tertiary/aromatic N) is 1. The first-order valence-electron chi connectivity index (χ1n) is 7.12. The maximum absolute atomic E-state index is 11.9. The number of aliphatic hydroxyl groups is 1. The first-order chi connectivity index (χ1) is 10.4. The third-order valence-corrected chi connectivity index (χ3v) is 4.21. The molecule has 118 valence electrons. The minimum Gasteiger partial charge on any atom is -0.396 e. The molecule has 5 nitrogen and oxygen atoms in total. The van der Waals surface area contributed by atoms with Crippen LogP contribution in [-0.4, -0.2) is 28.3 Å². The van der Waals surface area contributed by atoms with E-state index in [1.807, 2.05) is 50.4 Å². The Morgan fingerprint density at radius 2 is 2.00 bits per heavy atom. The number of hydrogen-bond acceptors (Lipinski definition) is 4. The Morgan fingerprint density at radius 1 is 1.32 bits per heavy atom. The number of carbonyl (C=O) groups excluding carboxylic acids is 1. The summed E-state index contributed by atoms with van der Waals surface area (Å²) in [7, 11) is 0. The molecule has 1 aromatic heterocycles. The summed E-state index contributed by atoms with van der Waals surface area (Å²) < 4.78 is 0. The number of carbonyl (C=O) groups is 1. The van der Waals surface area contributed by atoms with Crippen LogP contribution < -0.4 is 10.6 Å². The Kier molecular flexibility index (Phi) is 5.15. The lowest BCUT2D eigenvalue weighted by Gasteiger charge is -2.25. The first-order valence-corrected chi connectivity index (χ1v) is 8.00. The van der Waals surface area contributed by atoms with Crippen LogP contribution in [0.4, 0.5) is 10.5 Å². The molecule has 2 amide bonds. The molecule has 0 aliphatic carbocycles. The highest BCUT2D eigenvalue weighted by Crippen LogP contribution is 2.24. The first kappa shape index (κ1) is 16.5. The van der Waals surface area contributed by atoms with Crippen molar-refractivity contribution in [2.24, 2.45) is 0 Å². The Hall–Kier alpha value is -1.92. The van der Waals surface area contributed by atoms with E-state index in [0.29, 0.717) is 12.1 Å². The van der Waals surface area contributed by atoms with Gasteiger partial charge in [-0.2, -0.15) is 0 Å². The van der Waals surface area contributed by atoms with Gasteiger partial charge in [0.05, 0.1) is 0 Å². The molecule has 6 heteroatoms. The van der Waals surface area contributed by atoms with Gasteiger partial charge < -0.3 is 15.7 Å². The number of aliphatic hydroxyl groups excluding tert-OH is 1. The number of nitrogens with one attached hydrogen (secondary N) is 2. The average Bonchev–Trinajstić information content (AvgIpc) is 2.85. The van der Waals surface area contributed by atoms with E-state index in [4.69, 9.17) is 5.11 Å². The molecule has 0 saturated carbocycles. The molecule has 1 heterocycles. The summed E-state index contributed by atoms with van der Waals surface area (Å²) in [6.07, 6.45) is 0.503. The van der Waals surface area contributed by atoms with Crippen molar-refractivity contribution in [1.29, 1.82) is 0 Å². The van der Waals surface area contributed by atoms with Crippen LogP contribution >= 0.6 is 11.3 Å². The lowest BCUT2D eigenvalue weighted by molar-refractivity contribution is 0.218. The predicted octanol–water partition coefficient (Wildman–Crippen LogP) is 3.40. The minimum absolute atomic E-state index is 0.0369. The van der Waals surface area contributed by atoms with Crippen molar-refractivity contribution >= 4 is 23.1 Å². The van der Waals surface area contributed by atoms with Crippen molar-refractivity contribution in [1.82, 2.24) is 10.3 Å². The summed E-state index contributed by atoms with van der Waals surface area (Å²) in [5, 5.41) is 17.6. The van der Waals surface area contributed by atoms with Crippen molar-refractivity contribution in [3.63, 3.8) is 0 Å². The zero-order valence-electron chi connectivity index (χ0n) is 13.0. The second-order valence-corrected chi connectivity index (χ2v) is 6.67. The lowest BCUT2D eigenvalue weighted by Crippen LogP contribution is -2.46. The predicted molar refractivity (Wildman–Crippen MR) is 90.2 cm³/mol. The van der Waals surface area contributed by atoms with E-state index in [9.17, 15) is 4.79 Å². The van der Waals surface area contributed by atoms with Gasteiger partial charge in [-0.05, 0) is 51.5 Å². The van der Waals surface area contributed by atoms with Gasteiger partial charge in [0.1, 0.15) is 5.01 Å². The molecule has 1 aromatic carbocycles. The number of anilines is 1. The summed E-state index contributed by atoms with van der Waals surface area (Å²) in [6.45, 7) is 5.75. The van der Waals surface area contributed by atoms with E-state index in [1.165, 1.54) is 0 Å². The van der Waals surface area contributed by atoms with Gasteiger partial charge in [-0.1, -0.05) is 0 Å². The topological polar surface area (TPSA) is 74.2 Å². The van der Waals surface area contributed by atoms with Crippen LogP contribution in [0.25, 0.3) is 10.6 Å². The Morgan fingerprint density at radius 3 is 2.55 bits per heavy atom. The maximum Gasteiger partial charge on any atom is 0.319 e. The van der Waals surface area contributed by atoms with E-state index < -0.39 is 5.54 Å². The molecule has 0 spiro atoms. The fraction of sp³-hybridized carbons (Fsp3) is 0.375. The van der Waals surface area contributed by atoms with Crippen molar-refractivity contribution in [2.45, 2.75) is 32.7 Å². The van der Waals surface area contributed by atoms with Crippen LogP contribution in [0.2, 0.25) is 0 Å². The van der Waals surface area contributed by atoms with Gasteiger partial charge in [-0.15, -0.1) is 11.3 Å². The van der Waals surface area contributed by atoms with Gasteiger partial charge in [0, 0.05) is 34.5 Å². The molecule has 0 bridgehead atoms. The van der Waals surface area contributed by atoms with Crippen molar-refractivity contribution < 1.29 is 9.90 Å². The highest BCUT2D eigenvalue weighted by Gasteiger charge is 2.19. The molecular formula is C16H21N3O2S. The van der Waals surface area contributed by atoms with Gasteiger partial charge in [-0.25, -0.2) is 9.78 Å². The monoisotopic (exact) mass is 319 g/mol. The molecule has 0 unspecified atom stereocenters. The lowest BCUT2D eigenvalue weighted by atomic mass is 10.0. The molecule has 2 rings (SSSR count). The van der Waals surface area contributed by atoms with Crippen molar-refractivity contribution in [2.75, 3.05) is 11.9 Å². The molecule has 0 aliphatic rings. The van der Waals surface area contributed by atoms with Gasteiger partial charge in [0.15, 0.2) is 0 Å². The SMILES string of the molecule is Cc1csc(-c2ccc(NC(=O)NC(C)(C)CCO)cc2)n1. The summed E-state index contributed by atoms with van der Waals surface area (Å²) in [5.74, 6) is 0. The normalized spacial score (nSPS) is 11.3. The smallest absolute Gasteiger partial charge is 0.319 e. The maximum atomic E-state index is 11.9. The highest BCUT2D eigenvalue weighted by atomic mass is 32.1. The molecule has 0 atom stereocenters. The van der Waals surface area contributed by atoms with Gasteiger partial charge in [0.2, 0.25) is 0 Å². The van der Waals surface area contributed by atoms with E-state index in [0.717, 1.165) is 16.3 Å². The fourth-order valence-corrected chi connectivity index (χ4v) is 2.80. The second kappa shape index (κ2) is 6.89. The Bertz CT molecular complexity index is 635. The fourth-order valence-electron chi connectivity index (χ4n) is 1.99. The van der Waals surface area contributed by atoms with Crippen LogP contribution in [0.5, 0.6) is 0 Å². The zero-order valence-corrected chi connectivity index (χ0v) is 13.8. The summed E-state index contributed by atoms with van der Waals surface area (Å²) >= 11 is 1.60.